The number of nitrogens with zero attached hydrogens (tertiary/aromatic N) is 2. The van der Waals surface area contributed by atoms with Gasteiger partial charge in [0.15, 0.2) is 17.5 Å². The second kappa shape index (κ2) is 12.8. The Kier molecular flexibility index (Phi) is 11.2. The predicted molar refractivity (Wildman–Crippen MR) is 128 cm³/mol. The fourth-order valence-corrected chi connectivity index (χ4v) is 3.51. The second-order valence-corrected chi connectivity index (χ2v) is 7.41. The van der Waals surface area contributed by atoms with E-state index in [2.05, 4.69) is 39.7 Å². The van der Waals surface area contributed by atoms with Crippen LogP contribution in [0.15, 0.2) is 23.2 Å². The summed E-state index contributed by atoms with van der Waals surface area (Å²) < 4.78 is 11.0. The number of halogens is 1. The van der Waals surface area contributed by atoms with Crippen LogP contribution in [-0.2, 0) is 13.0 Å². The summed E-state index contributed by atoms with van der Waals surface area (Å²) in [6.45, 7) is 8.27. The molecule has 0 aliphatic carbocycles. The molecule has 2 aromatic rings. The number of thiazole rings is 1. The molecule has 0 saturated carbocycles. The lowest BCUT2D eigenvalue weighted by molar-refractivity contribution is 0.310. The Bertz CT molecular complexity index is 745. The van der Waals surface area contributed by atoms with Crippen molar-refractivity contribution in [3.63, 3.8) is 0 Å². The van der Waals surface area contributed by atoms with E-state index in [1.807, 2.05) is 19.9 Å². The minimum absolute atomic E-state index is 0. The van der Waals surface area contributed by atoms with Crippen LogP contribution in [0.4, 0.5) is 0 Å². The van der Waals surface area contributed by atoms with Gasteiger partial charge in [-0.25, -0.2) is 4.98 Å². The van der Waals surface area contributed by atoms with Crippen molar-refractivity contribution in [3.8, 4) is 11.5 Å². The number of aryl methyl sites for hydroxylation is 3. The molecule has 0 unspecified atom stereocenters. The maximum Gasteiger partial charge on any atom is 0.191 e. The third-order valence-corrected chi connectivity index (χ3v) is 5.24. The fraction of sp³-hybridized carbons (Fsp3) is 0.500. The highest BCUT2D eigenvalue weighted by Gasteiger charge is 2.06. The van der Waals surface area contributed by atoms with Gasteiger partial charge in [0.2, 0.25) is 0 Å². The average molecular weight is 518 g/mol. The molecule has 0 amide bonds. The molecule has 0 radical (unpaired) electrons. The Morgan fingerprint density at radius 1 is 1.21 bits per heavy atom. The highest BCUT2D eigenvalue weighted by Crippen LogP contribution is 2.28. The van der Waals surface area contributed by atoms with Gasteiger partial charge in [0, 0.05) is 18.5 Å². The van der Waals surface area contributed by atoms with E-state index < -0.39 is 0 Å². The van der Waals surface area contributed by atoms with E-state index in [1.54, 1.807) is 25.5 Å². The van der Waals surface area contributed by atoms with Crippen LogP contribution in [0.3, 0.4) is 0 Å². The largest absolute Gasteiger partial charge is 0.493 e. The first-order valence-electron chi connectivity index (χ1n) is 9.24. The molecule has 2 N–H and O–H groups in total. The molecule has 28 heavy (non-hydrogen) atoms. The third kappa shape index (κ3) is 7.46. The van der Waals surface area contributed by atoms with E-state index >= 15 is 0 Å². The Morgan fingerprint density at radius 2 is 2.00 bits per heavy atom. The van der Waals surface area contributed by atoms with Gasteiger partial charge >= 0.3 is 0 Å². The molecular weight excluding hydrogens is 487 g/mol. The first kappa shape index (κ1) is 24.5. The third-order valence-electron chi connectivity index (χ3n) is 4.17. The van der Waals surface area contributed by atoms with Gasteiger partial charge in [0.25, 0.3) is 0 Å². The molecular formula is C20H31IN4O2S. The molecule has 1 aromatic heterocycles. The van der Waals surface area contributed by atoms with Crippen molar-refractivity contribution in [2.24, 2.45) is 4.99 Å². The summed E-state index contributed by atoms with van der Waals surface area (Å²) in [5, 5.41) is 7.75. The average Bonchev–Trinajstić information content (AvgIpc) is 2.99. The van der Waals surface area contributed by atoms with Crippen LogP contribution in [0.2, 0.25) is 0 Å². The number of guanidine groups is 1. The Labute approximate surface area is 189 Å². The summed E-state index contributed by atoms with van der Waals surface area (Å²) in [6.07, 6.45) is 1.95. The number of hydrogen-bond donors (Lipinski definition) is 2. The lowest BCUT2D eigenvalue weighted by Crippen LogP contribution is -2.37. The Morgan fingerprint density at radius 3 is 2.61 bits per heavy atom. The first-order chi connectivity index (χ1) is 13.1. The van der Waals surface area contributed by atoms with E-state index in [-0.39, 0.29) is 24.0 Å². The van der Waals surface area contributed by atoms with Crippen molar-refractivity contribution in [2.75, 3.05) is 27.3 Å². The van der Waals surface area contributed by atoms with Crippen LogP contribution in [0.5, 0.6) is 11.5 Å². The van der Waals surface area contributed by atoms with Gasteiger partial charge in [0.05, 0.1) is 26.0 Å². The summed E-state index contributed by atoms with van der Waals surface area (Å²) in [5.74, 6) is 2.37. The van der Waals surface area contributed by atoms with Crippen molar-refractivity contribution in [1.29, 1.82) is 0 Å². The topological polar surface area (TPSA) is 67.8 Å². The molecule has 8 heteroatoms. The van der Waals surface area contributed by atoms with Crippen LogP contribution >= 0.6 is 35.3 Å². The second-order valence-electron chi connectivity index (χ2n) is 6.12. The van der Waals surface area contributed by atoms with E-state index in [9.17, 15) is 0 Å². The van der Waals surface area contributed by atoms with Crippen LogP contribution in [0, 0.1) is 13.8 Å². The number of rotatable bonds is 9. The first-order valence-corrected chi connectivity index (χ1v) is 10.1. The van der Waals surface area contributed by atoms with E-state index in [0.29, 0.717) is 13.2 Å². The van der Waals surface area contributed by atoms with E-state index in [0.717, 1.165) is 47.5 Å². The molecule has 6 nitrogen and oxygen atoms in total. The minimum atomic E-state index is 0. The number of methoxy groups -OCH3 is 1. The van der Waals surface area contributed by atoms with Crippen molar-refractivity contribution < 1.29 is 9.47 Å². The standard InChI is InChI=1S/C20H30N4O2S.HI/c1-6-26-18-12-16(9-10-17(18)25-5)8-7-11-22-20(21-4)23-13-19-24-14(2)15(3)27-19;/h9-10,12H,6-8,11,13H2,1-5H3,(H2,21,22,23);1H. The summed E-state index contributed by atoms with van der Waals surface area (Å²) in [5.41, 5.74) is 2.34. The highest BCUT2D eigenvalue weighted by molar-refractivity contribution is 14.0. The minimum Gasteiger partial charge on any atom is -0.493 e. The zero-order valence-corrected chi connectivity index (χ0v) is 20.4. The number of hydrogen-bond acceptors (Lipinski definition) is 5. The predicted octanol–water partition coefficient (Wildman–Crippen LogP) is 4.08. The summed E-state index contributed by atoms with van der Waals surface area (Å²) in [6, 6.07) is 6.11. The molecule has 0 spiro atoms. The molecule has 0 aliphatic heterocycles. The lowest BCUT2D eigenvalue weighted by Gasteiger charge is -2.12. The molecule has 0 atom stereocenters. The van der Waals surface area contributed by atoms with E-state index in [1.165, 1.54) is 10.4 Å². The molecule has 156 valence electrons. The van der Waals surface area contributed by atoms with Gasteiger partial charge < -0.3 is 20.1 Å². The van der Waals surface area contributed by atoms with Crippen LogP contribution < -0.4 is 20.1 Å². The number of ether oxygens (including phenoxy) is 2. The molecule has 1 heterocycles. The van der Waals surface area contributed by atoms with Gasteiger partial charge in [-0.2, -0.15) is 0 Å². The van der Waals surface area contributed by atoms with Crippen LogP contribution in [0.1, 0.15) is 34.5 Å². The zero-order valence-electron chi connectivity index (χ0n) is 17.3. The Balaban J connectivity index is 0.00000392. The van der Waals surface area contributed by atoms with E-state index in [4.69, 9.17) is 9.47 Å². The van der Waals surface area contributed by atoms with Crippen molar-refractivity contribution in [3.05, 3.63) is 39.3 Å². The monoisotopic (exact) mass is 518 g/mol. The van der Waals surface area contributed by atoms with Crippen LogP contribution in [0.25, 0.3) is 0 Å². The normalized spacial score (nSPS) is 11.0. The molecule has 0 aliphatic rings. The number of benzene rings is 1. The zero-order chi connectivity index (χ0) is 19.6. The van der Waals surface area contributed by atoms with Crippen molar-refractivity contribution >= 4 is 41.3 Å². The molecule has 0 fully saturated rings. The fourth-order valence-electron chi connectivity index (χ4n) is 2.64. The molecule has 2 rings (SSSR count). The Hall–Kier alpha value is -1.55. The number of aromatic nitrogens is 1. The van der Waals surface area contributed by atoms with Crippen molar-refractivity contribution in [2.45, 2.75) is 40.2 Å². The summed E-state index contributed by atoms with van der Waals surface area (Å²) in [4.78, 5) is 10.1. The van der Waals surface area contributed by atoms with Gasteiger partial charge in [-0.1, -0.05) is 6.07 Å². The maximum atomic E-state index is 5.64. The summed E-state index contributed by atoms with van der Waals surface area (Å²) >= 11 is 1.72. The quantitative estimate of drug-likeness (QED) is 0.227. The number of nitrogens with one attached hydrogen (secondary N) is 2. The maximum absolute atomic E-state index is 5.64. The van der Waals surface area contributed by atoms with Gasteiger partial charge in [0.1, 0.15) is 5.01 Å². The van der Waals surface area contributed by atoms with Crippen molar-refractivity contribution in [1.82, 2.24) is 15.6 Å². The molecule has 1 aromatic carbocycles. The highest BCUT2D eigenvalue weighted by atomic mass is 127. The lowest BCUT2D eigenvalue weighted by atomic mass is 10.1. The van der Waals surface area contributed by atoms with Crippen LogP contribution in [-0.4, -0.2) is 38.3 Å². The summed E-state index contributed by atoms with van der Waals surface area (Å²) in [7, 11) is 3.44. The van der Waals surface area contributed by atoms with Gasteiger partial charge in [-0.15, -0.1) is 35.3 Å². The smallest absolute Gasteiger partial charge is 0.191 e. The SMILES string of the molecule is CCOc1cc(CCCNC(=NC)NCc2nc(C)c(C)s2)ccc1OC.I. The molecule has 0 saturated heterocycles. The number of aliphatic imine (C=N–C) groups is 1. The van der Waals surface area contributed by atoms with Gasteiger partial charge in [-0.3, -0.25) is 4.99 Å². The van der Waals surface area contributed by atoms with Gasteiger partial charge in [-0.05, 0) is 51.3 Å². The molecule has 0 bridgehead atoms.